The van der Waals surface area contributed by atoms with E-state index >= 15 is 0 Å². The van der Waals surface area contributed by atoms with Crippen molar-refractivity contribution in [2.24, 2.45) is 0 Å². The Hall–Kier alpha value is -3.18. The summed E-state index contributed by atoms with van der Waals surface area (Å²) in [5.41, 5.74) is 3.19. The Bertz CT molecular complexity index is 1010. The fraction of sp³-hybridized carbons (Fsp3) is 0.0952. The summed E-state index contributed by atoms with van der Waals surface area (Å²) in [5.74, 6) is 0.151. The molecular weight excluding hydrogens is 364 g/mol. The molecule has 0 spiro atoms. The lowest BCUT2D eigenvalue weighted by Gasteiger charge is -2.15. The van der Waals surface area contributed by atoms with Crippen LogP contribution >= 0.6 is 11.6 Å². The first-order valence-corrected chi connectivity index (χ1v) is 8.70. The largest absolute Gasteiger partial charge is 0.497 e. The van der Waals surface area contributed by atoms with E-state index in [1.807, 2.05) is 30.3 Å². The highest BCUT2D eigenvalue weighted by Crippen LogP contribution is 2.30. The van der Waals surface area contributed by atoms with Gasteiger partial charge in [0.2, 0.25) is 0 Å². The molecule has 1 aliphatic rings. The van der Waals surface area contributed by atoms with Crippen molar-refractivity contribution >= 4 is 23.4 Å². The number of benzene rings is 2. The summed E-state index contributed by atoms with van der Waals surface area (Å²) in [6, 6.07) is 16.1. The van der Waals surface area contributed by atoms with Gasteiger partial charge in [-0.3, -0.25) is 14.5 Å². The van der Waals surface area contributed by atoms with Crippen LogP contribution in [0, 0.1) is 0 Å². The lowest BCUT2D eigenvalue weighted by atomic mass is 10.1. The lowest BCUT2D eigenvalue weighted by molar-refractivity contribution is 0.0642. The zero-order valence-electron chi connectivity index (χ0n) is 14.5. The normalized spacial score (nSPS) is 13.0. The minimum Gasteiger partial charge on any atom is -0.497 e. The van der Waals surface area contributed by atoms with E-state index < -0.39 is 0 Å². The molecule has 0 saturated heterocycles. The second-order valence-corrected chi connectivity index (χ2v) is 6.51. The van der Waals surface area contributed by atoms with Gasteiger partial charge in [-0.05, 0) is 41.5 Å². The average Bonchev–Trinajstić information content (AvgIpc) is 2.95. The third kappa shape index (κ3) is 3.06. The van der Waals surface area contributed by atoms with Gasteiger partial charge in [0.1, 0.15) is 10.9 Å². The van der Waals surface area contributed by atoms with Crippen LogP contribution in [0.2, 0.25) is 5.15 Å². The van der Waals surface area contributed by atoms with Crippen LogP contribution in [0.5, 0.6) is 5.75 Å². The third-order valence-electron chi connectivity index (χ3n) is 4.52. The minimum atomic E-state index is -0.295. The predicted molar refractivity (Wildman–Crippen MR) is 102 cm³/mol. The number of halogens is 1. The Morgan fingerprint density at radius 2 is 1.59 bits per heavy atom. The van der Waals surface area contributed by atoms with Gasteiger partial charge in [-0.1, -0.05) is 35.9 Å². The molecule has 0 unspecified atom stereocenters. The van der Waals surface area contributed by atoms with Gasteiger partial charge in [-0.15, -0.1) is 0 Å². The Labute approximate surface area is 161 Å². The van der Waals surface area contributed by atoms with E-state index in [0.717, 1.165) is 22.4 Å². The van der Waals surface area contributed by atoms with Gasteiger partial charge in [-0.25, -0.2) is 4.98 Å². The summed E-state index contributed by atoms with van der Waals surface area (Å²) in [6.07, 6.45) is 1.58. The molecule has 0 saturated carbocycles. The number of carbonyl (C=O) groups is 2. The Kier molecular flexibility index (Phi) is 4.38. The molecule has 6 heteroatoms. The monoisotopic (exact) mass is 378 g/mol. The van der Waals surface area contributed by atoms with Gasteiger partial charge in [0, 0.05) is 11.8 Å². The fourth-order valence-electron chi connectivity index (χ4n) is 3.12. The molecule has 134 valence electrons. The number of carbonyl (C=O) groups excluding carboxylic acids is 2. The molecular formula is C21H15ClN2O3. The molecule has 0 radical (unpaired) electrons. The molecule has 2 heterocycles. The van der Waals surface area contributed by atoms with E-state index in [-0.39, 0.29) is 18.4 Å². The lowest BCUT2D eigenvalue weighted by Crippen LogP contribution is -2.29. The quantitative estimate of drug-likeness (QED) is 0.504. The van der Waals surface area contributed by atoms with Crippen molar-refractivity contribution in [1.82, 2.24) is 9.88 Å². The van der Waals surface area contributed by atoms with E-state index in [9.17, 15) is 9.59 Å². The van der Waals surface area contributed by atoms with Crippen molar-refractivity contribution in [3.63, 3.8) is 0 Å². The van der Waals surface area contributed by atoms with Crippen LogP contribution in [0.4, 0.5) is 0 Å². The SMILES string of the molecule is COc1ccc(-c2cc(CN3C(=O)c4ccccc4C3=O)cnc2Cl)cc1. The van der Waals surface area contributed by atoms with Gasteiger partial charge in [0.25, 0.3) is 11.8 Å². The first-order valence-electron chi connectivity index (χ1n) is 8.32. The first kappa shape index (κ1) is 17.2. The number of amides is 2. The molecule has 0 aliphatic carbocycles. The number of hydrogen-bond donors (Lipinski definition) is 0. The number of pyridine rings is 1. The molecule has 1 aliphatic heterocycles. The van der Waals surface area contributed by atoms with Crippen LogP contribution in [-0.2, 0) is 6.54 Å². The van der Waals surface area contributed by atoms with Crippen molar-refractivity contribution in [3.05, 3.63) is 82.6 Å². The van der Waals surface area contributed by atoms with E-state index in [2.05, 4.69) is 4.98 Å². The zero-order chi connectivity index (χ0) is 19.0. The maximum atomic E-state index is 12.5. The number of imide groups is 1. The van der Waals surface area contributed by atoms with Crippen LogP contribution in [0.25, 0.3) is 11.1 Å². The molecule has 3 aromatic rings. The maximum Gasteiger partial charge on any atom is 0.261 e. The van der Waals surface area contributed by atoms with Crippen LogP contribution in [0.15, 0.2) is 60.8 Å². The fourth-order valence-corrected chi connectivity index (χ4v) is 3.33. The average molecular weight is 379 g/mol. The smallest absolute Gasteiger partial charge is 0.261 e. The van der Waals surface area contributed by atoms with Crippen LogP contribution < -0.4 is 4.74 Å². The molecule has 27 heavy (non-hydrogen) atoms. The second kappa shape index (κ2) is 6.85. The summed E-state index contributed by atoms with van der Waals surface area (Å²) in [6.45, 7) is 0.139. The Morgan fingerprint density at radius 1 is 0.963 bits per heavy atom. The summed E-state index contributed by atoms with van der Waals surface area (Å²) in [7, 11) is 1.60. The standard InChI is InChI=1S/C21H15ClN2O3/c1-27-15-8-6-14(7-9-15)18-10-13(11-23-19(18)22)12-24-20(25)16-4-2-3-5-17(16)21(24)26/h2-11H,12H2,1H3. The van der Waals surface area contributed by atoms with Crippen molar-refractivity contribution in [1.29, 1.82) is 0 Å². The van der Waals surface area contributed by atoms with E-state index in [4.69, 9.17) is 16.3 Å². The van der Waals surface area contributed by atoms with E-state index in [1.165, 1.54) is 4.90 Å². The molecule has 2 aromatic carbocycles. The number of methoxy groups -OCH3 is 1. The molecule has 0 fully saturated rings. The van der Waals surface area contributed by atoms with Gasteiger partial charge in [0.15, 0.2) is 0 Å². The number of nitrogens with zero attached hydrogens (tertiary/aromatic N) is 2. The Balaban J connectivity index is 1.64. The summed E-state index contributed by atoms with van der Waals surface area (Å²) >= 11 is 6.26. The maximum absolute atomic E-state index is 12.5. The highest BCUT2D eigenvalue weighted by Gasteiger charge is 2.35. The van der Waals surface area contributed by atoms with Crippen molar-refractivity contribution in [2.45, 2.75) is 6.54 Å². The summed E-state index contributed by atoms with van der Waals surface area (Å²) in [4.78, 5) is 30.6. The molecule has 0 atom stereocenters. The number of ether oxygens (including phenoxy) is 1. The van der Waals surface area contributed by atoms with Crippen molar-refractivity contribution in [3.8, 4) is 16.9 Å². The zero-order valence-corrected chi connectivity index (χ0v) is 15.2. The third-order valence-corrected chi connectivity index (χ3v) is 4.82. The van der Waals surface area contributed by atoms with Crippen molar-refractivity contribution < 1.29 is 14.3 Å². The summed E-state index contributed by atoms with van der Waals surface area (Å²) in [5, 5.41) is 0.353. The highest BCUT2D eigenvalue weighted by molar-refractivity contribution is 6.32. The van der Waals surface area contributed by atoms with Crippen LogP contribution in [0.1, 0.15) is 26.3 Å². The molecule has 5 nitrogen and oxygen atoms in total. The molecule has 4 rings (SSSR count). The minimum absolute atomic E-state index is 0.139. The second-order valence-electron chi connectivity index (χ2n) is 6.15. The van der Waals surface area contributed by atoms with Gasteiger partial charge < -0.3 is 4.74 Å². The highest BCUT2D eigenvalue weighted by atomic mass is 35.5. The molecule has 0 bridgehead atoms. The number of fused-ring (bicyclic) bond motifs is 1. The first-order chi connectivity index (χ1) is 13.1. The number of hydrogen-bond acceptors (Lipinski definition) is 4. The van der Waals surface area contributed by atoms with Gasteiger partial charge >= 0.3 is 0 Å². The molecule has 1 aromatic heterocycles. The predicted octanol–water partition coefficient (Wildman–Crippen LogP) is 4.21. The van der Waals surface area contributed by atoms with Gasteiger partial charge in [0.05, 0.1) is 24.8 Å². The van der Waals surface area contributed by atoms with Crippen LogP contribution in [-0.4, -0.2) is 28.8 Å². The van der Waals surface area contributed by atoms with E-state index in [0.29, 0.717) is 16.3 Å². The van der Waals surface area contributed by atoms with Gasteiger partial charge in [-0.2, -0.15) is 0 Å². The number of aromatic nitrogens is 1. The van der Waals surface area contributed by atoms with E-state index in [1.54, 1.807) is 37.6 Å². The van der Waals surface area contributed by atoms with Crippen molar-refractivity contribution in [2.75, 3.05) is 7.11 Å². The molecule has 0 N–H and O–H groups in total. The Morgan fingerprint density at radius 3 is 2.19 bits per heavy atom. The number of rotatable bonds is 4. The van der Waals surface area contributed by atoms with Crippen LogP contribution in [0.3, 0.4) is 0 Å². The molecule has 2 amide bonds. The topological polar surface area (TPSA) is 59.5 Å². The summed E-state index contributed by atoms with van der Waals surface area (Å²) < 4.78 is 5.17.